The number of furan rings is 1. The second-order valence-electron chi connectivity index (χ2n) is 7.55. The minimum absolute atomic E-state index is 0.0456. The van der Waals surface area contributed by atoms with Crippen LogP contribution in [0.1, 0.15) is 18.4 Å². The summed E-state index contributed by atoms with van der Waals surface area (Å²) < 4.78 is 100. The standard InChI is InChI=1S/C21H17F5N2O5S/c22-14-4-6-17-13(9-14)10-19(32-17)34(30,31)28-7-1-2-16(28)20(29)27-11-12-3-5-18(15(23)8-12)33-21(24,25)26/h3-6,8-10,16H,1-2,7,11H2,(H,27,29). The molecule has 0 bridgehead atoms. The second kappa shape index (κ2) is 8.87. The monoisotopic (exact) mass is 504 g/mol. The van der Waals surface area contributed by atoms with Crippen molar-refractivity contribution in [2.45, 2.75) is 36.9 Å². The van der Waals surface area contributed by atoms with Gasteiger partial charge in [-0.15, -0.1) is 13.2 Å². The van der Waals surface area contributed by atoms with Gasteiger partial charge >= 0.3 is 6.36 Å². The Morgan fingerprint density at radius 3 is 2.62 bits per heavy atom. The van der Waals surface area contributed by atoms with E-state index in [1.807, 2.05) is 0 Å². The van der Waals surface area contributed by atoms with Gasteiger partial charge in [0, 0.05) is 24.5 Å². The zero-order valence-electron chi connectivity index (χ0n) is 17.2. The molecule has 2 aromatic carbocycles. The average Bonchev–Trinajstić information content (AvgIpc) is 3.40. The van der Waals surface area contributed by atoms with Gasteiger partial charge in [0.05, 0.1) is 0 Å². The molecule has 3 aromatic rings. The van der Waals surface area contributed by atoms with Gasteiger partial charge in [0.25, 0.3) is 10.0 Å². The number of alkyl halides is 3. The van der Waals surface area contributed by atoms with Crippen LogP contribution in [0.3, 0.4) is 0 Å². The zero-order chi connectivity index (χ0) is 24.7. The Kier molecular flexibility index (Phi) is 6.25. The third-order valence-corrected chi connectivity index (χ3v) is 6.98. The number of nitrogens with one attached hydrogen (secondary N) is 1. The lowest BCUT2D eigenvalue weighted by Crippen LogP contribution is -2.45. The normalized spacial score (nSPS) is 17.3. The summed E-state index contributed by atoms with van der Waals surface area (Å²) in [5, 5.41) is 2.28. The Labute approximate surface area is 190 Å². The summed E-state index contributed by atoms with van der Waals surface area (Å²) >= 11 is 0. The SMILES string of the molecule is O=C(NCc1ccc(OC(F)(F)F)c(F)c1)C1CCCN1S(=O)(=O)c1cc2cc(F)ccc2o1. The molecule has 182 valence electrons. The molecule has 1 saturated heterocycles. The zero-order valence-corrected chi connectivity index (χ0v) is 18.1. The molecular weight excluding hydrogens is 487 g/mol. The molecule has 1 fully saturated rings. The first-order valence-electron chi connectivity index (χ1n) is 9.97. The Morgan fingerprint density at radius 2 is 1.91 bits per heavy atom. The van der Waals surface area contributed by atoms with E-state index in [0.29, 0.717) is 6.42 Å². The topological polar surface area (TPSA) is 88.9 Å². The number of amides is 1. The Balaban J connectivity index is 1.46. The van der Waals surface area contributed by atoms with E-state index >= 15 is 0 Å². The van der Waals surface area contributed by atoms with Gasteiger partial charge in [-0.2, -0.15) is 4.31 Å². The molecule has 0 spiro atoms. The van der Waals surface area contributed by atoms with Crippen molar-refractivity contribution in [1.82, 2.24) is 9.62 Å². The fraction of sp³-hybridized carbons (Fsp3) is 0.286. The summed E-state index contributed by atoms with van der Waals surface area (Å²) in [6.45, 7) is -0.208. The molecule has 7 nitrogen and oxygen atoms in total. The molecule has 0 aliphatic carbocycles. The van der Waals surface area contributed by atoms with Gasteiger partial charge in [-0.05, 0) is 48.7 Å². The molecule has 1 unspecified atom stereocenters. The van der Waals surface area contributed by atoms with E-state index in [4.69, 9.17) is 4.42 Å². The third-order valence-electron chi connectivity index (χ3n) is 5.21. The van der Waals surface area contributed by atoms with Gasteiger partial charge in [-0.1, -0.05) is 6.07 Å². The first-order chi connectivity index (χ1) is 15.9. The number of nitrogens with zero attached hydrogens (tertiary/aromatic N) is 1. The van der Waals surface area contributed by atoms with Crippen LogP contribution in [0.15, 0.2) is 52.0 Å². The molecule has 0 saturated carbocycles. The van der Waals surface area contributed by atoms with Crippen LogP contribution in [0.5, 0.6) is 5.75 Å². The number of benzene rings is 2. The molecule has 1 amide bonds. The molecule has 2 heterocycles. The van der Waals surface area contributed by atoms with E-state index in [1.54, 1.807) is 0 Å². The summed E-state index contributed by atoms with van der Waals surface area (Å²) in [4.78, 5) is 12.7. The van der Waals surface area contributed by atoms with Crippen LogP contribution in [0.4, 0.5) is 22.0 Å². The lowest BCUT2D eigenvalue weighted by Gasteiger charge is -2.22. The number of hydrogen-bond donors (Lipinski definition) is 1. The Bertz CT molecular complexity index is 1340. The average molecular weight is 504 g/mol. The van der Waals surface area contributed by atoms with Gasteiger partial charge in [-0.3, -0.25) is 4.79 Å². The van der Waals surface area contributed by atoms with Gasteiger partial charge < -0.3 is 14.5 Å². The Morgan fingerprint density at radius 1 is 1.15 bits per heavy atom. The molecule has 1 aliphatic rings. The van der Waals surface area contributed by atoms with Crippen LogP contribution in [-0.2, 0) is 21.4 Å². The van der Waals surface area contributed by atoms with E-state index in [1.165, 1.54) is 12.1 Å². The summed E-state index contributed by atoms with van der Waals surface area (Å²) in [7, 11) is -4.22. The smallest absolute Gasteiger partial charge is 0.443 e. The maximum Gasteiger partial charge on any atom is 0.573 e. The second-order valence-corrected chi connectivity index (χ2v) is 9.37. The maximum absolute atomic E-state index is 13.9. The predicted octanol–water partition coefficient (Wildman–Crippen LogP) is 4.08. The third kappa shape index (κ3) is 4.99. The highest BCUT2D eigenvalue weighted by molar-refractivity contribution is 7.89. The highest BCUT2D eigenvalue weighted by atomic mass is 32.2. The van der Waals surface area contributed by atoms with Gasteiger partial charge in [0.2, 0.25) is 11.0 Å². The van der Waals surface area contributed by atoms with Gasteiger partial charge in [0.15, 0.2) is 11.6 Å². The van der Waals surface area contributed by atoms with Crippen LogP contribution in [-0.4, -0.2) is 37.6 Å². The predicted molar refractivity (Wildman–Crippen MR) is 108 cm³/mol. The molecule has 1 aliphatic heterocycles. The number of carbonyl (C=O) groups is 1. The number of hydrogen-bond acceptors (Lipinski definition) is 5. The molecule has 0 radical (unpaired) electrons. The highest BCUT2D eigenvalue weighted by Gasteiger charge is 2.41. The minimum Gasteiger partial charge on any atom is -0.443 e. The first kappa shape index (κ1) is 24.0. The number of sulfonamides is 1. The maximum atomic E-state index is 13.9. The van der Waals surface area contributed by atoms with Crippen LogP contribution in [0.25, 0.3) is 11.0 Å². The summed E-state index contributed by atoms with van der Waals surface area (Å²) in [5.74, 6) is -3.51. The number of halogens is 5. The molecular formula is C21H17F5N2O5S. The van der Waals surface area contributed by atoms with E-state index in [-0.39, 0.29) is 36.0 Å². The molecule has 1 aromatic heterocycles. The van der Waals surface area contributed by atoms with Crippen LogP contribution < -0.4 is 10.1 Å². The summed E-state index contributed by atoms with van der Waals surface area (Å²) in [6, 6.07) is 6.33. The quantitative estimate of drug-likeness (QED) is 0.511. The number of carbonyl (C=O) groups excluding carboxylic acids is 1. The van der Waals surface area contributed by atoms with Crippen LogP contribution in [0.2, 0.25) is 0 Å². The van der Waals surface area contributed by atoms with Crippen molar-refractivity contribution in [2.75, 3.05) is 6.54 Å². The van der Waals surface area contributed by atoms with Crippen LogP contribution >= 0.6 is 0 Å². The number of ether oxygens (including phenoxy) is 1. The lowest BCUT2D eigenvalue weighted by atomic mass is 10.2. The van der Waals surface area contributed by atoms with Crippen molar-refractivity contribution >= 4 is 26.9 Å². The van der Waals surface area contributed by atoms with Crippen molar-refractivity contribution in [2.24, 2.45) is 0 Å². The summed E-state index contributed by atoms with van der Waals surface area (Å²) in [6.07, 6.45) is -4.45. The molecule has 1 atom stereocenters. The van der Waals surface area contributed by atoms with E-state index in [2.05, 4.69) is 10.1 Å². The van der Waals surface area contributed by atoms with E-state index in [9.17, 15) is 35.2 Å². The highest BCUT2D eigenvalue weighted by Crippen LogP contribution is 2.31. The van der Waals surface area contributed by atoms with E-state index in [0.717, 1.165) is 34.6 Å². The van der Waals surface area contributed by atoms with Crippen molar-refractivity contribution in [3.63, 3.8) is 0 Å². The number of fused-ring (bicyclic) bond motifs is 1. The van der Waals surface area contributed by atoms with Crippen LogP contribution in [0, 0.1) is 11.6 Å². The first-order valence-corrected chi connectivity index (χ1v) is 11.4. The van der Waals surface area contributed by atoms with Crippen molar-refractivity contribution in [3.05, 3.63) is 59.7 Å². The van der Waals surface area contributed by atoms with Crippen molar-refractivity contribution in [1.29, 1.82) is 0 Å². The molecule has 34 heavy (non-hydrogen) atoms. The van der Waals surface area contributed by atoms with Crippen molar-refractivity contribution in [3.8, 4) is 5.75 Å². The van der Waals surface area contributed by atoms with E-state index < -0.39 is 50.8 Å². The lowest BCUT2D eigenvalue weighted by molar-refractivity contribution is -0.275. The molecule has 4 rings (SSSR count). The largest absolute Gasteiger partial charge is 0.573 e. The fourth-order valence-corrected chi connectivity index (χ4v) is 5.30. The molecule has 1 N–H and O–H groups in total. The Hall–Kier alpha value is -3.19. The summed E-state index contributed by atoms with van der Waals surface area (Å²) in [5.41, 5.74) is 0.312. The number of rotatable bonds is 6. The van der Waals surface area contributed by atoms with Crippen molar-refractivity contribution < 1.29 is 44.3 Å². The van der Waals surface area contributed by atoms with Gasteiger partial charge in [-0.25, -0.2) is 17.2 Å². The molecule has 13 heteroatoms. The minimum atomic E-state index is -5.05. The van der Waals surface area contributed by atoms with Gasteiger partial charge in [0.1, 0.15) is 17.4 Å². The fourth-order valence-electron chi connectivity index (χ4n) is 3.69.